The van der Waals surface area contributed by atoms with Gasteiger partial charge in [-0.3, -0.25) is 16.2 Å². The first-order valence-electron chi connectivity index (χ1n) is 6.99. The highest BCUT2D eigenvalue weighted by atomic mass is 15.3. The molecular weight excluding hydrogens is 238 g/mol. The van der Waals surface area contributed by atoms with Crippen LogP contribution in [0.4, 0.5) is 5.82 Å². The lowest BCUT2D eigenvalue weighted by molar-refractivity contribution is 0.0609. The highest BCUT2D eigenvalue weighted by Crippen LogP contribution is 2.34. The van der Waals surface area contributed by atoms with Gasteiger partial charge in [0.15, 0.2) is 0 Å². The predicted molar refractivity (Wildman–Crippen MR) is 78.2 cm³/mol. The standard InChI is InChI=1S/C14H25N5/c1-14(2,19-9-4-3-5-10-19)12(18-16)11-7-6-8-17-13(11)15/h6-8,12,18H,3-5,9-10,16H2,1-2H3,(H2,15,17). The van der Waals surface area contributed by atoms with Crippen molar-refractivity contribution in [3.63, 3.8) is 0 Å². The summed E-state index contributed by atoms with van der Waals surface area (Å²) < 4.78 is 0. The highest BCUT2D eigenvalue weighted by molar-refractivity contribution is 5.42. The molecule has 2 heterocycles. The molecule has 0 spiro atoms. The van der Waals surface area contributed by atoms with Crippen LogP contribution in [0.15, 0.2) is 18.3 Å². The van der Waals surface area contributed by atoms with Crippen LogP contribution in [0, 0.1) is 0 Å². The summed E-state index contributed by atoms with van der Waals surface area (Å²) in [5.41, 5.74) is 9.81. The largest absolute Gasteiger partial charge is 0.383 e. The fourth-order valence-corrected chi connectivity index (χ4v) is 3.00. The van der Waals surface area contributed by atoms with Crippen molar-refractivity contribution in [2.24, 2.45) is 5.84 Å². The lowest BCUT2D eigenvalue weighted by Crippen LogP contribution is -2.55. The van der Waals surface area contributed by atoms with Gasteiger partial charge < -0.3 is 5.73 Å². The van der Waals surface area contributed by atoms with Crippen LogP contribution >= 0.6 is 0 Å². The van der Waals surface area contributed by atoms with Gasteiger partial charge in [-0.2, -0.15) is 0 Å². The van der Waals surface area contributed by atoms with Crippen LogP contribution in [0.3, 0.4) is 0 Å². The molecule has 0 amide bonds. The maximum Gasteiger partial charge on any atom is 0.128 e. The van der Waals surface area contributed by atoms with Gasteiger partial charge in [0.2, 0.25) is 0 Å². The Labute approximate surface area is 115 Å². The molecule has 1 aromatic heterocycles. The van der Waals surface area contributed by atoms with Crippen LogP contribution in [-0.2, 0) is 0 Å². The Balaban J connectivity index is 2.27. The number of nitrogens with one attached hydrogen (secondary N) is 1. The Morgan fingerprint density at radius 3 is 2.58 bits per heavy atom. The number of likely N-dealkylation sites (tertiary alicyclic amines) is 1. The Hall–Kier alpha value is -1.17. The van der Waals surface area contributed by atoms with Crippen molar-refractivity contribution in [2.75, 3.05) is 18.8 Å². The van der Waals surface area contributed by atoms with E-state index in [1.807, 2.05) is 12.1 Å². The molecule has 5 nitrogen and oxygen atoms in total. The maximum atomic E-state index is 6.00. The van der Waals surface area contributed by atoms with Crippen LogP contribution in [0.1, 0.15) is 44.7 Å². The first kappa shape index (κ1) is 14.2. The molecule has 1 aliphatic heterocycles. The number of aromatic nitrogens is 1. The molecule has 1 aromatic rings. The van der Waals surface area contributed by atoms with Crippen LogP contribution < -0.4 is 17.0 Å². The summed E-state index contributed by atoms with van der Waals surface area (Å²) in [7, 11) is 0. The number of rotatable bonds is 4. The first-order valence-corrected chi connectivity index (χ1v) is 6.99. The van der Waals surface area contributed by atoms with Gasteiger partial charge >= 0.3 is 0 Å². The molecule has 1 atom stereocenters. The van der Waals surface area contributed by atoms with Gasteiger partial charge in [0.05, 0.1) is 6.04 Å². The number of piperidine rings is 1. The van der Waals surface area contributed by atoms with Crippen molar-refractivity contribution >= 4 is 5.82 Å². The second kappa shape index (κ2) is 5.86. The summed E-state index contributed by atoms with van der Waals surface area (Å²) in [6.45, 7) is 6.67. The molecule has 1 fully saturated rings. The SMILES string of the molecule is CC(C)(C(NN)c1cccnc1N)N1CCCCC1. The highest BCUT2D eigenvalue weighted by Gasteiger charge is 2.37. The summed E-state index contributed by atoms with van der Waals surface area (Å²) >= 11 is 0. The summed E-state index contributed by atoms with van der Waals surface area (Å²) in [5.74, 6) is 6.36. The average molecular weight is 263 g/mol. The number of nitrogen functional groups attached to an aromatic ring is 1. The van der Waals surface area contributed by atoms with E-state index in [1.165, 1.54) is 19.3 Å². The van der Waals surface area contributed by atoms with Crippen molar-refractivity contribution < 1.29 is 0 Å². The third-order valence-electron chi connectivity index (χ3n) is 4.23. The maximum absolute atomic E-state index is 6.00. The zero-order valence-corrected chi connectivity index (χ0v) is 11.9. The van der Waals surface area contributed by atoms with Crippen LogP contribution in [0.25, 0.3) is 0 Å². The van der Waals surface area contributed by atoms with Gasteiger partial charge in [-0.25, -0.2) is 4.98 Å². The Morgan fingerprint density at radius 2 is 2.00 bits per heavy atom. The minimum Gasteiger partial charge on any atom is -0.383 e. The molecule has 0 bridgehead atoms. The zero-order chi connectivity index (χ0) is 13.9. The first-order chi connectivity index (χ1) is 9.07. The van der Waals surface area contributed by atoms with E-state index in [0.717, 1.165) is 18.7 Å². The fraction of sp³-hybridized carbons (Fsp3) is 0.643. The van der Waals surface area contributed by atoms with Crippen LogP contribution in [0.5, 0.6) is 0 Å². The average Bonchev–Trinajstić information content (AvgIpc) is 2.42. The van der Waals surface area contributed by atoms with E-state index < -0.39 is 0 Å². The zero-order valence-electron chi connectivity index (χ0n) is 11.9. The van der Waals surface area contributed by atoms with Gasteiger partial charge in [0, 0.05) is 17.3 Å². The smallest absolute Gasteiger partial charge is 0.128 e. The van der Waals surface area contributed by atoms with Crippen LogP contribution in [-0.4, -0.2) is 28.5 Å². The quantitative estimate of drug-likeness (QED) is 0.565. The van der Waals surface area contributed by atoms with Crippen molar-refractivity contribution in [3.8, 4) is 0 Å². The van der Waals surface area contributed by atoms with E-state index >= 15 is 0 Å². The molecule has 19 heavy (non-hydrogen) atoms. The monoisotopic (exact) mass is 263 g/mol. The van der Waals surface area contributed by atoms with E-state index in [1.54, 1.807) is 6.20 Å². The summed E-state index contributed by atoms with van der Waals surface area (Å²) in [4.78, 5) is 6.66. The number of hydrogen-bond acceptors (Lipinski definition) is 5. The van der Waals surface area contributed by atoms with E-state index in [9.17, 15) is 0 Å². The third kappa shape index (κ3) is 2.88. The van der Waals surface area contributed by atoms with E-state index in [2.05, 4.69) is 29.2 Å². The lowest BCUT2D eigenvalue weighted by Gasteiger charge is -2.46. The van der Waals surface area contributed by atoms with Crippen molar-refractivity contribution in [1.29, 1.82) is 0 Å². The predicted octanol–water partition coefficient (Wildman–Crippen LogP) is 1.43. The number of nitrogens with zero attached hydrogens (tertiary/aromatic N) is 2. The molecule has 0 aliphatic carbocycles. The lowest BCUT2D eigenvalue weighted by atomic mass is 9.86. The van der Waals surface area contributed by atoms with Gasteiger partial charge in [-0.05, 0) is 45.8 Å². The second-order valence-corrected chi connectivity index (χ2v) is 5.78. The van der Waals surface area contributed by atoms with Gasteiger partial charge in [0.1, 0.15) is 5.82 Å². The molecule has 0 radical (unpaired) electrons. The minimum absolute atomic E-state index is 0.0284. The molecule has 5 N–H and O–H groups in total. The fourth-order valence-electron chi connectivity index (χ4n) is 3.00. The Kier molecular flexibility index (Phi) is 4.39. The topological polar surface area (TPSA) is 80.2 Å². The molecule has 0 aromatic carbocycles. The van der Waals surface area contributed by atoms with E-state index in [0.29, 0.717) is 5.82 Å². The normalized spacial score (nSPS) is 19.3. The summed E-state index contributed by atoms with van der Waals surface area (Å²) in [6.07, 6.45) is 5.54. The second-order valence-electron chi connectivity index (χ2n) is 5.78. The third-order valence-corrected chi connectivity index (χ3v) is 4.23. The van der Waals surface area contributed by atoms with Gasteiger partial charge in [-0.1, -0.05) is 12.5 Å². The number of anilines is 1. The van der Waals surface area contributed by atoms with Crippen molar-refractivity contribution in [3.05, 3.63) is 23.9 Å². The minimum atomic E-state index is -0.0909. The van der Waals surface area contributed by atoms with Crippen molar-refractivity contribution in [1.82, 2.24) is 15.3 Å². The molecule has 5 heteroatoms. The van der Waals surface area contributed by atoms with Gasteiger partial charge in [-0.15, -0.1) is 0 Å². The molecular formula is C14H25N5. The molecule has 2 rings (SSSR count). The van der Waals surface area contributed by atoms with Crippen molar-refractivity contribution in [2.45, 2.75) is 44.7 Å². The Morgan fingerprint density at radius 1 is 1.32 bits per heavy atom. The molecule has 1 saturated heterocycles. The summed E-state index contributed by atoms with van der Waals surface area (Å²) in [6, 6.07) is 3.88. The number of hydrazine groups is 1. The molecule has 1 unspecified atom stereocenters. The van der Waals surface area contributed by atoms with Crippen LogP contribution in [0.2, 0.25) is 0 Å². The Bertz CT molecular complexity index is 412. The van der Waals surface area contributed by atoms with E-state index in [-0.39, 0.29) is 11.6 Å². The molecule has 1 aliphatic rings. The summed E-state index contributed by atoms with van der Waals surface area (Å²) in [5, 5.41) is 0. The molecule has 106 valence electrons. The molecule has 0 saturated carbocycles. The number of hydrogen-bond donors (Lipinski definition) is 3. The van der Waals surface area contributed by atoms with E-state index in [4.69, 9.17) is 11.6 Å². The number of pyridine rings is 1. The van der Waals surface area contributed by atoms with Gasteiger partial charge in [0.25, 0.3) is 0 Å². The number of nitrogens with two attached hydrogens (primary N) is 2.